The molecule has 2 rings (SSSR count). The van der Waals surface area contributed by atoms with Crippen molar-refractivity contribution in [3.8, 4) is 0 Å². The van der Waals surface area contributed by atoms with Crippen LogP contribution in [0.1, 0.15) is 45.2 Å². The molecule has 0 saturated heterocycles. The standard InChI is InChI=1S/C11H18N2S/c1-3-9-8-12-10(14)13(9)11(2)6-4-5-7-11/h8H,3-7H2,1-2H3,(H,12,14). The third-order valence-electron chi connectivity index (χ3n) is 3.44. The molecule has 0 radical (unpaired) electrons. The zero-order valence-electron chi connectivity index (χ0n) is 8.97. The van der Waals surface area contributed by atoms with E-state index in [2.05, 4.69) is 29.6 Å². The fourth-order valence-corrected chi connectivity index (χ4v) is 3.01. The number of H-pyrrole nitrogens is 1. The summed E-state index contributed by atoms with van der Waals surface area (Å²) in [6.45, 7) is 4.52. The molecule has 1 aromatic rings. The van der Waals surface area contributed by atoms with Gasteiger partial charge in [0.15, 0.2) is 4.77 Å². The topological polar surface area (TPSA) is 20.7 Å². The van der Waals surface area contributed by atoms with Gasteiger partial charge in [0.05, 0.1) is 0 Å². The van der Waals surface area contributed by atoms with E-state index in [0.29, 0.717) is 0 Å². The smallest absolute Gasteiger partial charge is 0.177 e. The lowest BCUT2D eigenvalue weighted by molar-refractivity contribution is 0.317. The summed E-state index contributed by atoms with van der Waals surface area (Å²) in [4.78, 5) is 3.17. The molecule has 1 saturated carbocycles. The molecule has 0 bridgehead atoms. The zero-order chi connectivity index (χ0) is 10.2. The van der Waals surface area contributed by atoms with Gasteiger partial charge in [-0.25, -0.2) is 0 Å². The summed E-state index contributed by atoms with van der Waals surface area (Å²) in [7, 11) is 0. The molecule has 3 heteroatoms. The maximum atomic E-state index is 5.36. The van der Waals surface area contributed by atoms with Crippen molar-refractivity contribution in [2.24, 2.45) is 0 Å². The molecule has 0 aliphatic heterocycles. The molecule has 1 aliphatic carbocycles. The van der Waals surface area contributed by atoms with Gasteiger partial charge in [0, 0.05) is 17.4 Å². The van der Waals surface area contributed by atoms with Gasteiger partial charge >= 0.3 is 0 Å². The molecule has 1 N–H and O–H groups in total. The number of hydrogen-bond donors (Lipinski definition) is 1. The van der Waals surface area contributed by atoms with Crippen molar-refractivity contribution in [3.05, 3.63) is 16.7 Å². The van der Waals surface area contributed by atoms with Gasteiger partial charge < -0.3 is 9.55 Å². The summed E-state index contributed by atoms with van der Waals surface area (Å²) < 4.78 is 3.24. The summed E-state index contributed by atoms with van der Waals surface area (Å²) in [5, 5.41) is 0. The van der Waals surface area contributed by atoms with Crippen LogP contribution in [0.4, 0.5) is 0 Å². The van der Waals surface area contributed by atoms with Crippen LogP contribution < -0.4 is 0 Å². The predicted octanol–water partition coefficient (Wildman–Crippen LogP) is 3.40. The highest BCUT2D eigenvalue weighted by Crippen LogP contribution is 2.37. The van der Waals surface area contributed by atoms with E-state index in [4.69, 9.17) is 12.2 Å². The van der Waals surface area contributed by atoms with Crippen LogP contribution in [0.2, 0.25) is 0 Å². The van der Waals surface area contributed by atoms with Crippen LogP contribution in [0.3, 0.4) is 0 Å². The van der Waals surface area contributed by atoms with Gasteiger partial charge in [0.25, 0.3) is 0 Å². The Kier molecular flexibility index (Phi) is 2.52. The van der Waals surface area contributed by atoms with Gasteiger partial charge in [-0.1, -0.05) is 19.8 Å². The predicted molar refractivity (Wildman–Crippen MR) is 61.1 cm³/mol. The van der Waals surface area contributed by atoms with Crippen molar-refractivity contribution in [2.45, 2.75) is 51.5 Å². The number of nitrogens with one attached hydrogen (secondary N) is 1. The third-order valence-corrected chi connectivity index (χ3v) is 3.74. The number of rotatable bonds is 2. The SMILES string of the molecule is CCc1c[nH]c(=S)n1C1(C)CCCC1. The Bertz CT molecular complexity index is 369. The van der Waals surface area contributed by atoms with Crippen molar-refractivity contribution >= 4 is 12.2 Å². The average molecular weight is 210 g/mol. The van der Waals surface area contributed by atoms with E-state index >= 15 is 0 Å². The lowest BCUT2D eigenvalue weighted by Crippen LogP contribution is -2.28. The largest absolute Gasteiger partial charge is 0.337 e. The summed E-state index contributed by atoms with van der Waals surface area (Å²) in [5.41, 5.74) is 1.63. The molecular formula is C11H18N2S. The molecule has 78 valence electrons. The van der Waals surface area contributed by atoms with Crippen LogP contribution in [0.5, 0.6) is 0 Å². The zero-order valence-corrected chi connectivity index (χ0v) is 9.78. The minimum Gasteiger partial charge on any atom is -0.337 e. The molecule has 0 aromatic carbocycles. The van der Waals surface area contributed by atoms with E-state index < -0.39 is 0 Å². The normalized spacial score (nSPS) is 20.1. The van der Waals surface area contributed by atoms with Crippen molar-refractivity contribution in [1.29, 1.82) is 0 Å². The lowest BCUT2D eigenvalue weighted by Gasteiger charge is -2.27. The maximum absolute atomic E-state index is 5.36. The Morgan fingerprint density at radius 1 is 1.50 bits per heavy atom. The lowest BCUT2D eigenvalue weighted by atomic mass is 10.00. The first-order chi connectivity index (χ1) is 6.67. The molecule has 0 unspecified atom stereocenters. The average Bonchev–Trinajstić information content (AvgIpc) is 2.73. The second-order valence-corrected chi connectivity index (χ2v) is 4.86. The third kappa shape index (κ3) is 1.44. The minimum absolute atomic E-state index is 0.280. The van der Waals surface area contributed by atoms with Crippen molar-refractivity contribution in [3.63, 3.8) is 0 Å². The molecule has 1 heterocycles. The monoisotopic (exact) mass is 210 g/mol. The van der Waals surface area contributed by atoms with Gasteiger partial charge in [-0.15, -0.1) is 0 Å². The van der Waals surface area contributed by atoms with E-state index in [0.717, 1.165) is 11.2 Å². The molecule has 1 aliphatic rings. The van der Waals surface area contributed by atoms with E-state index in [1.54, 1.807) is 0 Å². The van der Waals surface area contributed by atoms with Gasteiger partial charge in [-0.05, 0) is 38.4 Å². The van der Waals surface area contributed by atoms with Crippen LogP contribution in [-0.4, -0.2) is 9.55 Å². The molecule has 2 nitrogen and oxygen atoms in total. The van der Waals surface area contributed by atoms with E-state index in [1.165, 1.54) is 31.4 Å². The number of nitrogens with zero attached hydrogens (tertiary/aromatic N) is 1. The summed E-state index contributed by atoms with van der Waals surface area (Å²) in [6.07, 6.45) is 8.34. The Morgan fingerprint density at radius 2 is 2.14 bits per heavy atom. The van der Waals surface area contributed by atoms with E-state index in [1.807, 2.05) is 0 Å². The number of aryl methyl sites for hydroxylation is 1. The quantitative estimate of drug-likeness (QED) is 0.742. The first kappa shape index (κ1) is 9.97. The Labute approximate surface area is 90.3 Å². The Hall–Kier alpha value is -0.570. The molecule has 0 atom stereocenters. The summed E-state index contributed by atoms with van der Waals surface area (Å²) in [5.74, 6) is 0. The number of hydrogen-bond acceptors (Lipinski definition) is 1. The fourth-order valence-electron chi connectivity index (χ4n) is 2.62. The van der Waals surface area contributed by atoms with Crippen LogP contribution in [-0.2, 0) is 12.0 Å². The van der Waals surface area contributed by atoms with E-state index in [9.17, 15) is 0 Å². The Morgan fingerprint density at radius 3 is 2.71 bits per heavy atom. The van der Waals surface area contributed by atoms with Crippen molar-refractivity contribution < 1.29 is 0 Å². The number of imidazole rings is 1. The van der Waals surface area contributed by atoms with E-state index in [-0.39, 0.29) is 5.54 Å². The fraction of sp³-hybridized carbons (Fsp3) is 0.727. The van der Waals surface area contributed by atoms with Gasteiger partial charge in [-0.2, -0.15) is 0 Å². The second-order valence-electron chi connectivity index (χ2n) is 4.48. The minimum atomic E-state index is 0.280. The molecule has 1 fully saturated rings. The molecular weight excluding hydrogens is 192 g/mol. The van der Waals surface area contributed by atoms with Crippen LogP contribution >= 0.6 is 12.2 Å². The van der Waals surface area contributed by atoms with Crippen LogP contribution in [0.25, 0.3) is 0 Å². The van der Waals surface area contributed by atoms with Crippen LogP contribution in [0.15, 0.2) is 6.20 Å². The molecule has 14 heavy (non-hydrogen) atoms. The number of aromatic amines is 1. The second kappa shape index (κ2) is 3.54. The van der Waals surface area contributed by atoms with Crippen LogP contribution in [0, 0.1) is 4.77 Å². The Balaban J connectivity index is 2.48. The van der Waals surface area contributed by atoms with Crippen molar-refractivity contribution in [1.82, 2.24) is 9.55 Å². The number of aromatic nitrogens is 2. The molecule has 0 spiro atoms. The summed E-state index contributed by atoms with van der Waals surface area (Å²) >= 11 is 5.36. The summed E-state index contributed by atoms with van der Waals surface area (Å²) in [6, 6.07) is 0. The molecule has 1 aromatic heterocycles. The van der Waals surface area contributed by atoms with Gasteiger partial charge in [0.2, 0.25) is 0 Å². The first-order valence-electron chi connectivity index (χ1n) is 5.47. The maximum Gasteiger partial charge on any atom is 0.177 e. The van der Waals surface area contributed by atoms with Gasteiger partial charge in [0.1, 0.15) is 0 Å². The highest BCUT2D eigenvalue weighted by atomic mass is 32.1. The first-order valence-corrected chi connectivity index (χ1v) is 5.88. The molecule has 0 amide bonds. The highest BCUT2D eigenvalue weighted by molar-refractivity contribution is 7.71. The highest BCUT2D eigenvalue weighted by Gasteiger charge is 2.32. The van der Waals surface area contributed by atoms with Gasteiger partial charge in [-0.3, -0.25) is 0 Å². The van der Waals surface area contributed by atoms with Crippen molar-refractivity contribution in [2.75, 3.05) is 0 Å².